The number of hydrogen-bond acceptors (Lipinski definition) is 3. The minimum Gasteiger partial charge on any atom is -0.388 e. The third kappa shape index (κ3) is 3.60. The molecule has 23 heavy (non-hydrogen) atoms. The van der Waals surface area contributed by atoms with Crippen LogP contribution >= 0.6 is 11.3 Å². The molecule has 1 heterocycles. The summed E-state index contributed by atoms with van der Waals surface area (Å²) in [6, 6.07) is 15.8. The van der Waals surface area contributed by atoms with E-state index in [0.29, 0.717) is 17.8 Å². The molecule has 0 aliphatic heterocycles. The number of amides is 1. The molecule has 0 aliphatic rings. The van der Waals surface area contributed by atoms with Gasteiger partial charge in [-0.25, -0.2) is 0 Å². The lowest BCUT2D eigenvalue weighted by molar-refractivity contribution is 0.0947. The van der Waals surface area contributed by atoms with E-state index in [1.54, 1.807) is 0 Å². The van der Waals surface area contributed by atoms with Gasteiger partial charge in [-0.15, -0.1) is 11.3 Å². The van der Waals surface area contributed by atoms with Crippen molar-refractivity contribution in [2.24, 2.45) is 0 Å². The summed E-state index contributed by atoms with van der Waals surface area (Å²) < 4.78 is 0. The van der Waals surface area contributed by atoms with Gasteiger partial charge in [0.2, 0.25) is 0 Å². The molecule has 0 saturated carbocycles. The number of hydrogen-bond donors (Lipinski definition) is 2. The summed E-state index contributed by atoms with van der Waals surface area (Å²) in [5, 5.41) is 17.5. The van der Waals surface area contributed by atoms with Crippen LogP contribution in [-0.4, -0.2) is 17.6 Å². The first kappa shape index (κ1) is 15.7. The number of benzene rings is 2. The van der Waals surface area contributed by atoms with E-state index >= 15 is 0 Å². The smallest absolute Gasteiger partial charge is 0.261 e. The molecule has 3 aromatic rings. The van der Waals surface area contributed by atoms with Gasteiger partial charge in [-0.2, -0.15) is 0 Å². The number of thiophene rings is 1. The Morgan fingerprint density at radius 2 is 2.00 bits per heavy atom. The topological polar surface area (TPSA) is 49.3 Å². The number of aryl methyl sites for hydroxylation is 1. The van der Waals surface area contributed by atoms with Crippen LogP contribution in [0.1, 0.15) is 33.3 Å². The number of aliphatic hydroxyl groups excluding tert-OH is 1. The maximum absolute atomic E-state index is 12.0. The van der Waals surface area contributed by atoms with Crippen LogP contribution in [0.2, 0.25) is 0 Å². The minimum atomic E-state index is -0.591. The molecule has 0 fully saturated rings. The van der Waals surface area contributed by atoms with Gasteiger partial charge in [-0.1, -0.05) is 42.5 Å². The first-order chi connectivity index (χ1) is 11.1. The van der Waals surface area contributed by atoms with Crippen LogP contribution in [0.3, 0.4) is 0 Å². The van der Waals surface area contributed by atoms with Crippen LogP contribution in [0.4, 0.5) is 0 Å². The highest BCUT2D eigenvalue weighted by Crippen LogP contribution is 2.25. The van der Waals surface area contributed by atoms with Crippen molar-refractivity contribution in [2.45, 2.75) is 19.4 Å². The van der Waals surface area contributed by atoms with Crippen molar-refractivity contribution < 1.29 is 9.90 Å². The molecule has 1 atom stereocenters. The highest BCUT2D eigenvalue weighted by Gasteiger charge is 2.12. The van der Waals surface area contributed by atoms with E-state index in [-0.39, 0.29) is 5.91 Å². The van der Waals surface area contributed by atoms with Crippen molar-refractivity contribution >= 4 is 28.0 Å². The Morgan fingerprint density at radius 1 is 1.22 bits per heavy atom. The van der Waals surface area contributed by atoms with Crippen molar-refractivity contribution in [3.05, 3.63) is 69.9 Å². The van der Waals surface area contributed by atoms with Crippen molar-refractivity contribution in [1.29, 1.82) is 0 Å². The van der Waals surface area contributed by atoms with E-state index in [1.807, 2.05) is 60.8 Å². The summed E-state index contributed by atoms with van der Waals surface area (Å²) in [5.41, 5.74) is 2.00. The van der Waals surface area contributed by atoms with Gasteiger partial charge in [0.15, 0.2) is 0 Å². The van der Waals surface area contributed by atoms with Crippen molar-refractivity contribution in [2.75, 3.05) is 6.54 Å². The van der Waals surface area contributed by atoms with Crippen LogP contribution in [0.25, 0.3) is 10.8 Å². The van der Waals surface area contributed by atoms with Crippen molar-refractivity contribution in [1.82, 2.24) is 5.32 Å². The van der Waals surface area contributed by atoms with Gasteiger partial charge in [0, 0.05) is 6.54 Å². The largest absolute Gasteiger partial charge is 0.388 e. The summed E-state index contributed by atoms with van der Waals surface area (Å²) in [4.78, 5) is 12.7. The zero-order valence-electron chi connectivity index (χ0n) is 13.0. The molecule has 0 bridgehead atoms. The molecule has 0 saturated heterocycles. The lowest BCUT2D eigenvalue weighted by atomic mass is 9.99. The van der Waals surface area contributed by atoms with E-state index in [1.165, 1.54) is 11.3 Å². The quantitative estimate of drug-likeness (QED) is 0.743. The highest BCUT2D eigenvalue weighted by atomic mass is 32.1. The van der Waals surface area contributed by atoms with E-state index in [9.17, 15) is 9.90 Å². The summed E-state index contributed by atoms with van der Waals surface area (Å²) in [6.45, 7) is 2.41. The molecule has 3 nitrogen and oxygen atoms in total. The number of rotatable bonds is 5. The normalized spacial score (nSPS) is 12.3. The first-order valence-electron chi connectivity index (χ1n) is 7.64. The fourth-order valence-corrected chi connectivity index (χ4v) is 3.47. The standard InChI is InChI=1S/C19H19NO2S/c1-13-11-18(23-12-13)19(22)20-10-9-17(21)16-8-4-6-14-5-2-3-7-15(14)16/h2-8,11-12,17,21H,9-10H2,1H3,(H,20,22)/t17-/m0/s1. The maximum Gasteiger partial charge on any atom is 0.261 e. The number of fused-ring (bicyclic) bond motifs is 1. The third-order valence-corrected chi connectivity index (χ3v) is 4.89. The van der Waals surface area contributed by atoms with E-state index in [4.69, 9.17) is 0 Å². The van der Waals surface area contributed by atoms with Crippen molar-refractivity contribution in [3.63, 3.8) is 0 Å². The molecule has 0 radical (unpaired) electrons. The second-order valence-electron chi connectivity index (χ2n) is 5.62. The predicted octanol–water partition coefficient (Wildman–Crippen LogP) is 4.06. The van der Waals surface area contributed by atoms with Gasteiger partial charge in [-0.3, -0.25) is 4.79 Å². The summed E-state index contributed by atoms with van der Waals surface area (Å²) in [5.74, 6) is -0.0757. The average molecular weight is 325 g/mol. The molecule has 2 aromatic carbocycles. The van der Waals surface area contributed by atoms with Crippen LogP contribution in [0.5, 0.6) is 0 Å². The van der Waals surface area contributed by atoms with E-state index in [2.05, 4.69) is 5.32 Å². The fourth-order valence-electron chi connectivity index (χ4n) is 2.66. The summed E-state index contributed by atoms with van der Waals surface area (Å²) in [7, 11) is 0. The molecule has 0 aliphatic carbocycles. The SMILES string of the molecule is Cc1csc(C(=O)NCC[C@H](O)c2cccc3ccccc23)c1. The van der Waals surface area contributed by atoms with Gasteiger partial charge >= 0.3 is 0 Å². The zero-order valence-corrected chi connectivity index (χ0v) is 13.8. The Bertz CT molecular complexity index is 820. The number of aliphatic hydroxyl groups is 1. The molecular formula is C19H19NO2S. The second kappa shape index (κ2) is 6.94. The van der Waals surface area contributed by atoms with Crippen LogP contribution in [0.15, 0.2) is 53.9 Å². The van der Waals surface area contributed by atoms with Crippen molar-refractivity contribution in [3.8, 4) is 0 Å². The second-order valence-corrected chi connectivity index (χ2v) is 6.53. The lowest BCUT2D eigenvalue weighted by Gasteiger charge is -2.14. The molecule has 2 N–H and O–H groups in total. The molecule has 4 heteroatoms. The molecule has 0 spiro atoms. The molecule has 1 aromatic heterocycles. The Labute approximate surface area is 139 Å². The van der Waals surface area contributed by atoms with Crippen LogP contribution in [-0.2, 0) is 0 Å². The fraction of sp³-hybridized carbons (Fsp3) is 0.211. The molecule has 1 amide bonds. The highest BCUT2D eigenvalue weighted by molar-refractivity contribution is 7.12. The number of carbonyl (C=O) groups is 1. The zero-order chi connectivity index (χ0) is 16.2. The van der Waals surface area contributed by atoms with Crippen LogP contribution < -0.4 is 5.32 Å². The lowest BCUT2D eigenvalue weighted by Crippen LogP contribution is -2.24. The van der Waals surface area contributed by atoms with Gasteiger partial charge < -0.3 is 10.4 Å². The Morgan fingerprint density at radius 3 is 2.78 bits per heavy atom. The summed E-state index contributed by atoms with van der Waals surface area (Å²) in [6.07, 6.45) is -0.101. The number of nitrogens with one attached hydrogen (secondary N) is 1. The maximum atomic E-state index is 12.0. The van der Waals surface area contributed by atoms with Gasteiger partial charge in [0.1, 0.15) is 0 Å². The van der Waals surface area contributed by atoms with Gasteiger partial charge in [-0.05, 0) is 46.7 Å². The Kier molecular flexibility index (Phi) is 4.74. The van der Waals surface area contributed by atoms with Gasteiger partial charge in [0.25, 0.3) is 5.91 Å². The van der Waals surface area contributed by atoms with E-state index in [0.717, 1.165) is 21.9 Å². The predicted molar refractivity (Wildman–Crippen MR) is 94.9 cm³/mol. The molecular weight excluding hydrogens is 306 g/mol. The average Bonchev–Trinajstić information content (AvgIpc) is 3.00. The van der Waals surface area contributed by atoms with Crippen LogP contribution in [0, 0.1) is 6.92 Å². The van der Waals surface area contributed by atoms with Gasteiger partial charge in [0.05, 0.1) is 11.0 Å². The van der Waals surface area contributed by atoms with E-state index < -0.39 is 6.10 Å². The Hall–Kier alpha value is -2.17. The third-order valence-electron chi connectivity index (χ3n) is 3.84. The minimum absolute atomic E-state index is 0.0757. The Balaban J connectivity index is 1.63. The first-order valence-corrected chi connectivity index (χ1v) is 8.52. The monoisotopic (exact) mass is 325 g/mol. The molecule has 118 valence electrons. The number of carbonyl (C=O) groups excluding carboxylic acids is 1. The molecule has 0 unspecified atom stereocenters. The molecule has 3 rings (SSSR count). The summed E-state index contributed by atoms with van der Waals surface area (Å²) >= 11 is 1.44.